The normalized spacial score (nSPS) is 12.7. The van der Waals surface area contributed by atoms with Gasteiger partial charge in [0.15, 0.2) is 0 Å². The van der Waals surface area contributed by atoms with Gasteiger partial charge in [0.05, 0.1) is 10.4 Å². The molecule has 1 aromatic heterocycles. The van der Waals surface area contributed by atoms with Gasteiger partial charge in [-0.05, 0) is 12.1 Å². The van der Waals surface area contributed by atoms with E-state index in [2.05, 4.69) is 4.98 Å². The molecular formula is C10H7ClFNOS. The monoisotopic (exact) mass is 243 g/mol. The minimum Gasteiger partial charge on any atom is -0.383 e. The summed E-state index contributed by atoms with van der Waals surface area (Å²) in [5, 5.41) is 10.2. The molecule has 0 bridgehead atoms. The molecule has 0 saturated heterocycles. The van der Waals surface area contributed by atoms with Crippen LogP contribution in [0.15, 0.2) is 29.9 Å². The van der Waals surface area contributed by atoms with Gasteiger partial charge in [-0.1, -0.05) is 17.7 Å². The Bertz CT molecular complexity index is 460. The molecule has 5 heteroatoms. The second-order valence-corrected chi connectivity index (χ2v) is 4.33. The third-order valence-electron chi connectivity index (χ3n) is 1.98. The molecule has 2 nitrogen and oxygen atoms in total. The summed E-state index contributed by atoms with van der Waals surface area (Å²) in [6, 6.07) is 4.20. The lowest BCUT2D eigenvalue weighted by Gasteiger charge is -2.09. The quantitative estimate of drug-likeness (QED) is 0.880. The van der Waals surface area contributed by atoms with Gasteiger partial charge in [0.2, 0.25) is 0 Å². The highest BCUT2D eigenvalue weighted by Crippen LogP contribution is 2.27. The topological polar surface area (TPSA) is 33.1 Å². The van der Waals surface area contributed by atoms with E-state index in [0.29, 0.717) is 9.90 Å². The van der Waals surface area contributed by atoms with Crippen molar-refractivity contribution >= 4 is 22.9 Å². The summed E-state index contributed by atoms with van der Waals surface area (Å²) in [6.45, 7) is 0. The third kappa shape index (κ3) is 2.17. The Labute approximate surface area is 95.0 Å². The van der Waals surface area contributed by atoms with Crippen molar-refractivity contribution < 1.29 is 9.50 Å². The van der Waals surface area contributed by atoms with Gasteiger partial charge in [-0.15, -0.1) is 11.3 Å². The number of aromatic nitrogens is 1. The average molecular weight is 244 g/mol. The molecule has 15 heavy (non-hydrogen) atoms. The van der Waals surface area contributed by atoms with Crippen LogP contribution >= 0.6 is 22.9 Å². The first-order chi connectivity index (χ1) is 7.18. The standard InChI is InChI=1S/C10H7ClFNOS/c11-6-1-2-7(8(12)3-6)10(14)9-4-13-5-15-9/h1-5,10,14H. The lowest BCUT2D eigenvalue weighted by Crippen LogP contribution is -2.00. The zero-order valence-corrected chi connectivity index (χ0v) is 9.10. The number of aliphatic hydroxyl groups excluding tert-OH is 1. The fraction of sp³-hybridized carbons (Fsp3) is 0.100. The zero-order valence-electron chi connectivity index (χ0n) is 7.52. The molecule has 0 radical (unpaired) electrons. The summed E-state index contributed by atoms with van der Waals surface area (Å²) in [5.41, 5.74) is 1.80. The molecule has 0 fully saturated rings. The number of hydrogen-bond acceptors (Lipinski definition) is 3. The maximum Gasteiger partial charge on any atom is 0.130 e. The molecule has 2 aromatic rings. The van der Waals surface area contributed by atoms with E-state index in [1.165, 1.54) is 29.7 Å². The Kier molecular flexibility index (Phi) is 3.00. The van der Waals surface area contributed by atoms with E-state index < -0.39 is 11.9 Å². The Morgan fingerprint density at radius 2 is 2.27 bits per heavy atom. The van der Waals surface area contributed by atoms with Crippen molar-refractivity contribution in [2.24, 2.45) is 0 Å². The van der Waals surface area contributed by atoms with Gasteiger partial charge in [0, 0.05) is 16.8 Å². The molecule has 78 valence electrons. The van der Waals surface area contributed by atoms with E-state index in [-0.39, 0.29) is 5.56 Å². The fourth-order valence-electron chi connectivity index (χ4n) is 1.24. The molecule has 0 aliphatic carbocycles. The Balaban J connectivity index is 2.38. The number of rotatable bonds is 2. The van der Waals surface area contributed by atoms with E-state index in [0.717, 1.165) is 0 Å². The van der Waals surface area contributed by atoms with Crippen LogP contribution in [0, 0.1) is 5.82 Å². The molecule has 1 N–H and O–H groups in total. The van der Waals surface area contributed by atoms with E-state index in [1.54, 1.807) is 11.6 Å². The van der Waals surface area contributed by atoms with Crippen molar-refractivity contribution in [1.29, 1.82) is 0 Å². The average Bonchev–Trinajstić information content (AvgIpc) is 2.69. The van der Waals surface area contributed by atoms with Crippen molar-refractivity contribution in [1.82, 2.24) is 4.98 Å². The fourth-order valence-corrected chi connectivity index (χ4v) is 2.02. The SMILES string of the molecule is OC(c1cncs1)c1ccc(Cl)cc1F. The van der Waals surface area contributed by atoms with Gasteiger partial charge >= 0.3 is 0 Å². The van der Waals surface area contributed by atoms with Crippen molar-refractivity contribution in [2.45, 2.75) is 6.10 Å². The predicted molar refractivity (Wildman–Crippen MR) is 57.6 cm³/mol. The number of benzene rings is 1. The lowest BCUT2D eigenvalue weighted by molar-refractivity contribution is 0.218. The van der Waals surface area contributed by atoms with E-state index >= 15 is 0 Å². The maximum atomic E-state index is 13.4. The van der Waals surface area contributed by atoms with Gasteiger partial charge in [-0.3, -0.25) is 4.98 Å². The molecule has 0 amide bonds. The lowest BCUT2D eigenvalue weighted by atomic mass is 10.1. The molecule has 0 aliphatic heterocycles. The Morgan fingerprint density at radius 1 is 1.47 bits per heavy atom. The number of halogens is 2. The van der Waals surface area contributed by atoms with Crippen molar-refractivity contribution in [3.63, 3.8) is 0 Å². The number of thiazole rings is 1. The van der Waals surface area contributed by atoms with Gasteiger partial charge in [0.1, 0.15) is 11.9 Å². The molecule has 1 unspecified atom stereocenters. The van der Waals surface area contributed by atoms with Crippen LogP contribution in [-0.4, -0.2) is 10.1 Å². The van der Waals surface area contributed by atoms with Gasteiger partial charge < -0.3 is 5.11 Å². The predicted octanol–water partition coefficient (Wildman–Crippen LogP) is 3.02. The Morgan fingerprint density at radius 3 is 2.87 bits per heavy atom. The molecule has 1 aromatic carbocycles. The van der Waals surface area contributed by atoms with Crippen LogP contribution in [0.25, 0.3) is 0 Å². The number of aliphatic hydroxyl groups is 1. The summed E-state index contributed by atoms with van der Waals surface area (Å²) >= 11 is 6.89. The summed E-state index contributed by atoms with van der Waals surface area (Å²) in [4.78, 5) is 4.43. The van der Waals surface area contributed by atoms with Crippen molar-refractivity contribution in [3.05, 3.63) is 51.2 Å². The summed E-state index contributed by atoms with van der Waals surface area (Å²) in [5.74, 6) is -0.511. The maximum absolute atomic E-state index is 13.4. The second kappa shape index (κ2) is 4.26. The van der Waals surface area contributed by atoms with Crippen LogP contribution in [-0.2, 0) is 0 Å². The summed E-state index contributed by atoms with van der Waals surface area (Å²) in [6.07, 6.45) is 0.540. The van der Waals surface area contributed by atoms with Crippen LogP contribution in [0.4, 0.5) is 4.39 Å². The first-order valence-corrected chi connectivity index (χ1v) is 5.45. The molecule has 1 heterocycles. The van der Waals surface area contributed by atoms with Crippen LogP contribution in [0.1, 0.15) is 16.5 Å². The second-order valence-electron chi connectivity index (χ2n) is 2.97. The highest BCUT2D eigenvalue weighted by molar-refractivity contribution is 7.09. The van der Waals surface area contributed by atoms with Crippen molar-refractivity contribution in [3.8, 4) is 0 Å². The van der Waals surface area contributed by atoms with Gasteiger partial charge in [0.25, 0.3) is 0 Å². The molecular weight excluding hydrogens is 237 g/mol. The largest absolute Gasteiger partial charge is 0.383 e. The molecule has 0 spiro atoms. The molecule has 0 saturated carbocycles. The van der Waals surface area contributed by atoms with Gasteiger partial charge in [-0.2, -0.15) is 0 Å². The van der Waals surface area contributed by atoms with Crippen LogP contribution < -0.4 is 0 Å². The number of hydrogen-bond donors (Lipinski definition) is 1. The molecule has 1 atom stereocenters. The van der Waals surface area contributed by atoms with E-state index in [9.17, 15) is 9.50 Å². The molecule has 2 rings (SSSR count). The zero-order chi connectivity index (χ0) is 10.8. The van der Waals surface area contributed by atoms with Gasteiger partial charge in [-0.25, -0.2) is 4.39 Å². The Hall–Kier alpha value is -0.970. The first kappa shape index (κ1) is 10.5. The molecule has 0 aliphatic rings. The summed E-state index contributed by atoms with van der Waals surface area (Å²) in [7, 11) is 0. The highest BCUT2D eigenvalue weighted by Gasteiger charge is 2.16. The third-order valence-corrected chi connectivity index (χ3v) is 3.04. The number of nitrogens with zero attached hydrogens (tertiary/aromatic N) is 1. The smallest absolute Gasteiger partial charge is 0.130 e. The van der Waals surface area contributed by atoms with E-state index in [4.69, 9.17) is 11.6 Å². The van der Waals surface area contributed by atoms with Crippen LogP contribution in [0.5, 0.6) is 0 Å². The van der Waals surface area contributed by atoms with Crippen LogP contribution in [0.2, 0.25) is 5.02 Å². The van der Waals surface area contributed by atoms with E-state index in [1.807, 2.05) is 0 Å². The minimum atomic E-state index is -0.977. The minimum absolute atomic E-state index is 0.212. The highest BCUT2D eigenvalue weighted by atomic mass is 35.5. The van der Waals surface area contributed by atoms with Crippen molar-refractivity contribution in [2.75, 3.05) is 0 Å². The van der Waals surface area contributed by atoms with Crippen LogP contribution in [0.3, 0.4) is 0 Å². The summed E-state index contributed by atoms with van der Waals surface area (Å²) < 4.78 is 13.4. The first-order valence-electron chi connectivity index (χ1n) is 4.20.